The van der Waals surface area contributed by atoms with Crippen LogP contribution in [0.25, 0.3) is 6.08 Å². The number of carbonyl (C=O) groups is 2. The average molecular weight is 403 g/mol. The Hall–Kier alpha value is -3.55. The van der Waals surface area contributed by atoms with Crippen LogP contribution in [0.1, 0.15) is 11.1 Å². The van der Waals surface area contributed by atoms with E-state index in [1.54, 1.807) is 24.3 Å². The van der Waals surface area contributed by atoms with Gasteiger partial charge in [-0.05, 0) is 41.5 Å². The molecule has 0 saturated carbocycles. The first kappa shape index (κ1) is 21.7. The van der Waals surface area contributed by atoms with Gasteiger partial charge in [-0.15, -0.1) is 0 Å². The van der Waals surface area contributed by atoms with Gasteiger partial charge in [0.2, 0.25) is 5.75 Å². The van der Waals surface area contributed by atoms with Gasteiger partial charge in [0, 0.05) is 12.6 Å². The molecule has 2 aromatic rings. The highest BCUT2D eigenvalue weighted by atomic mass is 19.1. The molecule has 2 rings (SSSR count). The Kier molecular flexibility index (Phi) is 8.02. The molecule has 0 aliphatic rings. The third kappa shape index (κ3) is 6.53. The Labute approximate surface area is 168 Å². The van der Waals surface area contributed by atoms with Gasteiger partial charge < -0.3 is 24.3 Å². The first-order chi connectivity index (χ1) is 14.0. The molecule has 0 bridgehead atoms. The second-order valence-electron chi connectivity index (χ2n) is 5.80. The molecular weight excluding hydrogens is 381 g/mol. The van der Waals surface area contributed by atoms with Crippen molar-refractivity contribution in [3.05, 3.63) is 59.4 Å². The molecule has 8 heteroatoms. The van der Waals surface area contributed by atoms with Crippen LogP contribution in [-0.4, -0.2) is 39.8 Å². The van der Waals surface area contributed by atoms with Crippen LogP contribution in [0.5, 0.6) is 17.2 Å². The van der Waals surface area contributed by atoms with E-state index in [1.165, 1.54) is 45.6 Å². The van der Waals surface area contributed by atoms with Crippen molar-refractivity contribution in [2.45, 2.75) is 6.54 Å². The quantitative estimate of drug-likeness (QED) is 0.512. The number of carbonyl (C=O) groups excluding carboxylic acids is 2. The van der Waals surface area contributed by atoms with Crippen molar-refractivity contribution < 1.29 is 32.9 Å². The lowest BCUT2D eigenvalue weighted by Gasteiger charge is -2.12. The van der Waals surface area contributed by atoms with Crippen molar-refractivity contribution in [1.29, 1.82) is 0 Å². The third-order valence-electron chi connectivity index (χ3n) is 3.85. The molecular formula is C21H22FNO6. The second kappa shape index (κ2) is 10.7. The summed E-state index contributed by atoms with van der Waals surface area (Å²) in [5.41, 5.74) is 1.35. The molecule has 0 fully saturated rings. The van der Waals surface area contributed by atoms with E-state index in [9.17, 15) is 14.0 Å². The van der Waals surface area contributed by atoms with E-state index < -0.39 is 18.5 Å². The van der Waals surface area contributed by atoms with E-state index in [2.05, 4.69) is 5.32 Å². The summed E-state index contributed by atoms with van der Waals surface area (Å²) < 4.78 is 33.5. The summed E-state index contributed by atoms with van der Waals surface area (Å²) >= 11 is 0. The number of methoxy groups -OCH3 is 3. The molecule has 0 atom stereocenters. The third-order valence-corrected chi connectivity index (χ3v) is 3.85. The van der Waals surface area contributed by atoms with Gasteiger partial charge in [0.1, 0.15) is 5.82 Å². The van der Waals surface area contributed by atoms with Crippen molar-refractivity contribution in [3.8, 4) is 17.2 Å². The minimum atomic E-state index is -0.685. The number of ether oxygens (including phenoxy) is 4. The largest absolute Gasteiger partial charge is 0.493 e. The SMILES string of the molecule is COc1cc(/C=C/C(=O)OCC(=O)NCc2ccc(F)cc2)cc(OC)c1OC. The highest BCUT2D eigenvalue weighted by Gasteiger charge is 2.12. The van der Waals surface area contributed by atoms with Crippen molar-refractivity contribution in [2.75, 3.05) is 27.9 Å². The normalized spacial score (nSPS) is 10.5. The Morgan fingerprint density at radius 3 is 2.17 bits per heavy atom. The minimum absolute atomic E-state index is 0.206. The molecule has 0 aliphatic carbocycles. The maximum absolute atomic E-state index is 12.8. The first-order valence-electron chi connectivity index (χ1n) is 8.62. The monoisotopic (exact) mass is 403 g/mol. The molecule has 2 aromatic carbocycles. The van der Waals surface area contributed by atoms with Gasteiger partial charge in [0.05, 0.1) is 21.3 Å². The zero-order valence-electron chi connectivity index (χ0n) is 16.4. The van der Waals surface area contributed by atoms with Crippen LogP contribution >= 0.6 is 0 Å². The first-order valence-corrected chi connectivity index (χ1v) is 8.62. The number of hydrogen-bond donors (Lipinski definition) is 1. The van der Waals surface area contributed by atoms with Crippen molar-refractivity contribution in [1.82, 2.24) is 5.32 Å². The van der Waals surface area contributed by atoms with Gasteiger partial charge in [0.25, 0.3) is 5.91 Å². The summed E-state index contributed by atoms with van der Waals surface area (Å²) in [6.07, 6.45) is 2.69. The van der Waals surface area contributed by atoms with Gasteiger partial charge in [0.15, 0.2) is 18.1 Å². The van der Waals surface area contributed by atoms with Gasteiger partial charge in [-0.25, -0.2) is 9.18 Å². The Balaban J connectivity index is 1.87. The average Bonchev–Trinajstić information content (AvgIpc) is 2.74. The molecule has 0 radical (unpaired) electrons. The molecule has 0 heterocycles. The van der Waals surface area contributed by atoms with Crippen LogP contribution in [0.15, 0.2) is 42.5 Å². The second-order valence-corrected chi connectivity index (χ2v) is 5.80. The van der Waals surface area contributed by atoms with Crippen LogP contribution in [0.3, 0.4) is 0 Å². The van der Waals surface area contributed by atoms with E-state index in [4.69, 9.17) is 18.9 Å². The fraction of sp³-hybridized carbons (Fsp3) is 0.238. The lowest BCUT2D eigenvalue weighted by Crippen LogP contribution is -2.28. The zero-order valence-corrected chi connectivity index (χ0v) is 16.4. The fourth-order valence-corrected chi connectivity index (χ4v) is 2.40. The number of hydrogen-bond acceptors (Lipinski definition) is 6. The predicted molar refractivity (Wildman–Crippen MR) is 104 cm³/mol. The Morgan fingerprint density at radius 2 is 1.62 bits per heavy atom. The summed E-state index contributed by atoms with van der Waals surface area (Å²) in [4.78, 5) is 23.6. The van der Waals surface area contributed by atoms with Crippen LogP contribution in [0, 0.1) is 5.82 Å². The molecule has 0 unspecified atom stereocenters. The van der Waals surface area contributed by atoms with Crippen LogP contribution < -0.4 is 19.5 Å². The summed E-state index contributed by atoms with van der Waals surface area (Å²) in [5.74, 6) is -0.180. The van der Waals surface area contributed by atoms with Crippen molar-refractivity contribution in [3.63, 3.8) is 0 Å². The van der Waals surface area contributed by atoms with E-state index in [1.807, 2.05) is 0 Å². The number of rotatable bonds is 9. The topological polar surface area (TPSA) is 83.1 Å². The van der Waals surface area contributed by atoms with Gasteiger partial charge in [-0.1, -0.05) is 12.1 Å². The maximum Gasteiger partial charge on any atom is 0.331 e. The predicted octanol–water partition coefficient (Wildman–Crippen LogP) is 2.72. The highest BCUT2D eigenvalue weighted by molar-refractivity contribution is 5.89. The van der Waals surface area contributed by atoms with Crippen LogP contribution in [0.2, 0.25) is 0 Å². The molecule has 0 aliphatic heterocycles. The molecule has 0 aromatic heterocycles. The lowest BCUT2D eigenvalue weighted by molar-refractivity contribution is -0.143. The summed E-state index contributed by atoms with van der Waals surface area (Å²) in [6, 6.07) is 9.05. The fourth-order valence-electron chi connectivity index (χ4n) is 2.40. The van der Waals surface area contributed by atoms with Gasteiger partial charge >= 0.3 is 5.97 Å². The number of benzene rings is 2. The number of halogens is 1. The van der Waals surface area contributed by atoms with Crippen molar-refractivity contribution in [2.24, 2.45) is 0 Å². The molecule has 7 nitrogen and oxygen atoms in total. The number of nitrogens with one attached hydrogen (secondary N) is 1. The molecule has 1 N–H and O–H groups in total. The van der Waals surface area contributed by atoms with Gasteiger partial charge in [-0.3, -0.25) is 4.79 Å². The van der Waals surface area contributed by atoms with E-state index >= 15 is 0 Å². The van der Waals surface area contributed by atoms with Crippen molar-refractivity contribution >= 4 is 18.0 Å². The smallest absolute Gasteiger partial charge is 0.331 e. The van der Waals surface area contributed by atoms with E-state index in [0.29, 0.717) is 22.8 Å². The van der Waals surface area contributed by atoms with Gasteiger partial charge in [-0.2, -0.15) is 0 Å². The van der Waals surface area contributed by atoms with Crippen LogP contribution in [0.4, 0.5) is 4.39 Å². The molecule has 0 spiro atoms. The highest BCUT2D eigenvalue weighted by Crippen LogP contribution is 2.38. The Bertz CT molecular complexity index is 854. The van der Waals surface area contributed by atoms with E-state index in [0.717, 1.165) is 5.56 Å². The molecule has 154 valence electrons. The summed E-state index contributed by atoms with van der Waals surface area (Å²) in [6.45, 7) is -0.225. The Morgan fingerprint density at radius 1 is 1.00 bits per heavy atom. The number of amides is 1. The molecule has 29 heavy (non-hydrogen) atoms. The van der Waals surface area contributed by atoms with E-state index in [-0.39, 0.29) is 12.4 Å². The van der Waals surface area contributed by atoms with Crippen LogP contribution in [-0.2, 0) is 20.9 Å². The minimum Gasteiger partial charge on any atom is -0.493 e. The summed E-state index contributed by atoms with van der Waals surface area (Å²) in [5, 5.41) is 2.58. The molecule has 1 amide bonds. The molecule has 0 saturated heterocycles. The number of esters is 1. The maximum atomic E-state index is 12.8. The summed E-state index contributed by atoms with van der Waals surface area (Å²) in [7, 11) is 4.47. The zero-order chi connectivity index (χ0) is 21.2. The standard InChI is InChI=1S/C21H22FNO6/c1-26-17-10-15(11-18(27-2)21(17)28-3)6-9-20(25)29-13-19(24)23-12-14-4-7-16(22)8-5-14/h4-11H,12-13H2,1-3H3,(H,23,24)/b9-6+. The lowest BCUT2D eigenvalue weighted by atomic mass is 10.1.